The van der Waals surface area contributed by atoms with E-state index in [1.54, 1.807) is 72.1 Å². The number of halogens is 3. The molecule has 49 heavy (non-hydrogen) atoms. The molecule has 8 nitrogen and oxygen atoms in total. The SMILES string of the molecule is CCC(c1nc(-c2cc3c(Nc4ccc(OCc5cccc(F)c5)c(Cl)c4)ncnc3cc2F)cs1)N(C)CCS(=O)(=O)c1ccccc1. The molecule has 13 heteroatoms. The second-order valence-electron chi connectivity index (χ2n) is 11.4. The van der Waals surface area contributed by atoms with Crippen molar-refractivity contribution in [3.8, 4) is 17.0 Å². The average Bonchev–Trinajstić information content (AvgIpc) is 3.57. The molecule has 0 aliphatic rings. The first kappa shape index (κ1) is 34.4. The molecule has 6 rings (SSSR count). The lowest BCUT2D eigenvalue weighted by atomic mass is 10.1. The Labute approximate surface area is 292 Å². The summed E-state index contributed by atoms with van der Waals surface area (Å²) in [5.74, 6) is 0.0167. The second-order valence-corrected chi connectivity index (χ2v) is 14.8. The number of rotatable bonds is 13. The zero-order valence-electron chi connectivity index (χ0n) is 26.6. The van der Waals surface area contributed by atoms with E-state index in [9.17, 15) is 12.8 Å². The van der Waals surface area contributed by atoms with Crippen molar-refractivity contribution in [3.63, 3.8) is 0 Å². The van der Waals surface area contributed by atoms with Crippen LogP contribution in [-0.4, -0.2) is 47.6 Å². The molecule has 0 aliphatic carbocycles. The van der Waals surface area contributed by atoms with Crippen LogP contribution in [0.2, 0.25) is 5.02 Å². The second kappa shape index (κ2) is 15.0. The van der Waals surface area contributed by atoms with Crippen molar-refractivity contribution in [1.29, 1.82) is 0 Å². The van der Waals surface area contributed by atoms with E-state index < -0.39 is 15.7 Å². The summed E-state index contributed by atoms with van der Waals surface area (Å²) in [6.07, 6.45) is 2.04. The predicted molar refractivity (Wildman–Crippen MR) is 190 cm³/mol. The largest absolute Gasteiger partial charge is 0.487 e. The Balaban J connectivity index is 1.19. The zero-order chi connectivity index (χ0) is 34.5. The number of benzene rings is 4. The van der Waals surface area contributed by atoms with Crippen LogP contribution in [0, 0.1) is 11.6 Å². The third kappa shape index (κ3) is 8.05. The lowest BCUT2D eigenvalue weighted by Gasteiger charge is -2.25. The highest BCUT2D eigenvalue weighted by atomic mass is 35.5. The predicted octanol–water partition coefficient (Wildman–Crippen LogP) is 8.86. The summed E-state index contributed by atoms with van der Waals surface area (Å²) < 4.78 is 60.5. The molecule has 0 aliphatic heterocycles. The number of nitrogens with zero attached hydrogens (tertiary/aromatic N) is 4. The third-order valence-corrected chi connectivity index (χ3v) is 11.0. The summed E-state index contributed by atoms with van der Waals surface area (Å²) in [6.45, 7) is 2.47. The van der Waals surface area contributed by atoms with Crippen molar-refractivity contribution in [1.82, 2.24) is 19.9 Å². The maximum atomic E-state index is 15.5. The van der Waals surface area contributed by atoms with Gasteiger partial charge in [0, 0.05) is 34.6 Å². The van der Waals surface area contributed by atoms with Crippen molar-refractivity contribution in [2.24, 2.45) is 0 Å². The fourth-order valence-electron chi connectivity index (χ4n) is 5.40. The van der Waals surface area contributed by atoms with Crippen LogP contribution < -0.4 is 10.1 Å². The summed E-state index contributed by atoms with van der Waals surface area (Å²) in [4.78, 5) is 15.7. The topological polar surface area (TPSA) is 97.3 Å². The molecule has 2 heterocycles. The van der Waals surface area contributed by atoms with Gasteiger partial charge in [0.1, 0.15) is 41.1 Å². The van der Waals surface area contributed by atoms with E-state index in [1.807, 2.05) is 18.9 Å². The zero-order valence-corrected chi connectivity index (χ0v) is 29.0. The van der Waals surface area contributed by atoms with Crippen molar-refractivity contribution in [2.45, 2.75) is 30.9 Å². The van der Waals surface area contributed by atoms with Gasteiger partial charge in [0.2, 0.25) is 0 Å². The Morgan fingerprint density at radius 1 is 1.00 bits per heavy atom. The number of ether oxygens (including phenoxy) is 1. The number of aromatic nitrogens is 3. The van der Waals surface area contributed by atoms with Gasteiger partial charge in [0.05, 0.1) is 32.9 Å². The Morgan fingerprint density at radius 3 is 2.57 bits per heavy atom. The molecule has 0 saturated heterocycles. The van der Waals surface area contributed by atoms with Gasteiger partial charge in [-0.2, -0.15) is 0 Å². The van der Waals surface area contributed by atoms with Crippen LogP contribution in [0.3, 0.4) is 0 Å². The van der Waals surface area contributed by atoms with Crippen LogP contribution in [0.15, 0.2) is 102 Å². The van der Waals surface area contributed by atoms with Crippen molar-refractivity contribution in [3.05, 3.63) is 124 Å². The van der Waals surface area contributed by atoms with Gasteiger partial charge in [-0.15, -0.1) is 11.3 Å². The summed E-state index contributed by atoms with van der Waals surface area (Å²) in [7, 11) is -1.57. The maximum Gasteiger partial charge on any atom is 0.179 e. The van der Waals surface area contributed by atoms with Crippen LogP contribution >= 0.6 is 22.9 Å². The molecule has 0 bridgehead atoms. The lowest BCUT2D eigenvalue weighted by molar-refractivity contribution is 0.251. The molecule has 0 amide bonds. The van der Waals surface area contributed by atoms with Gasteiger partial charge in [0.15, 0.2) is 9.84 Å². The van der Waals surface area contributed by atoms with Gasteiger partial charge in [-0.1, -0.05) is 48.9 Å². The summed E-state index contributed by atoms with van der Waals surface area (Å²) in [6, 6.07) is 22.6. The minimum atomic E-state index is -3.44. The highest BCUT2D eigenvalue weighted by Gasteiger charge is 2.23. The van der Waals surface area contributed by atoms with Gasteiger partial charge in [-0.25, -0.2) is 32.2 Å². The lowest BCUT2D eigenvalue weighted by Crippen LogP contribution is -2.29. The maximum absolute atomic E-state index is 15.5. The van der Waals surface area contributed by atoms with Crippen molar-refractivity contribution in [2.75, 3.05) is 24.7 Å². The Morgan fingerprint density at radius 2 is 1.82 bits per heavy atom. The molecule has 0 fully saturated rings. The smallest absolute Gasteiger partial charge is 0.179 e. The van der Waals surface area contributed by atoms with E-state index in [0.29, 0.717) is 62.3 Å². The summed E-state index contributed by atoms with van der Waals surface area (Å²) in [5.41, 5.74) is 2.44. The van der Waals surface area contributed by atoms with Crippen LogP contribution in [0.25, 0.3) is 22.2 Å². The van der Waals surface area contributed by atoms with Crippen LogP contribution in [0.5, 0.6) is 5.75 Å². The van der Waals surface area contributed by atoms with Gasteiger partial charge in [0.25, 0.3) is 0 Å². The van der Waals surface area contributed by atoms with Crippen LogP contribution in [0.4, 0.5) is 20.3 Å². The molecule has 0 saturated carbocycles. The Kier molecular flexibility index (Phi) is 10.5. The highest BCUT2D eigenvalue weighted by Crippen LogP contribution is 2.35. The monoisotopic (exact) mass is 719 g/mol. The molecule has 0 radical (unpaired) electrons. The molecule has 252 valence electrons. The summed E-state index contributed by atoms with van der Waals surface area (Å²) >= 11 is 7.91. The number of sulfone groups is 1. The average molecular weight is 720 g/mol. The first-order valence-corrected chi connectivity index (χ1v) is 18.3. The Hall–Kier alpha value is -4.49. The number of thiazole rings is 1. The van der Waals surface area contributed by atoms with E-state index in [4.69, 9.17) is 21.3 Å². The van der Waals surface area contributed by atoms with Crippen molar-refractivity contribution < 1.29 is 21.9 Å². The number of anilines is 2. The molecular weight excluding hydrogens is 688 g/mol. The fraction of sp³-hybridized carbons (Fsp3) is 0.194. The minimum absolute atomic E-state index is 0.0345. The van der Waals surface area contributed by atoms with E-state index in [-0.39, 0.29) is 29.8 Å². The molecule has 1 atom stereocenters. The van der Waals surface area contributed by atoms with Gasteiger partial charge < -0.3 is 10.1 Å². The summed E-state index contributed by atoms with van der Waals surface area (Å²) in [5, 5.41) is 6.72. The number of hydrogen-bond acceptors (Lipinski definition) is 9. The molecular formula is C36H32ClF2N5O3S2. The quantitative estimate of drug-likeness (QED) is 0.126. The van der Waals surface area contributed by atoms with E-state index in [2.05, 4.69) is 15.3 Å². The number of fused-ring (bicyclic) bond motifs is 1. The molecule has 6 aromatic rings. The molecule has 1 unspecified atom stereocenters. The molecule has 2 aromatic heterocycles. The van der Waals surface area contributed by atoms with E-state index in [1.165, 1.54) is 35.9 Å². The fourth-order valence-corrected chi connectivity index (χ4v) is 8.04. The standard InChI is InChI=1S/C36H32ClF2N5O3S2/c1-3-33(44(2)14-15-49(45,46)26-10-5-4-6-11-26)36-43-32(21-48-36)27-18-28-31(19-30(27)39)40-22-41-35(28)42-25-12-13-34(29(37)17-25)47-20-23-8-7-9-24(38)16-23/h4-13,16-19,21-22,33H,3,14-15,20H2,1-2H3,(H,40,41,42). The normalized spacial score (nSPS) is 12.4. The number of nitrogens with one attached hydrogen (secondary N) is 1. The minimum Gasteiger partial charge on any atom is -0.487 e. The van der Waals surface area contributed by atoms with Gasteiger partial charge in [-0.3, -0.25) is 4.90 Å². The third-order valence-electron chi connectivity index (χ3n) is 8.02. The van der Waals surface area contributed by atoms with Gasteiger partial charge >= 0.3 is 0 Å². The van der Waals surface area contributed by atoms with Crippen molar-refractivity contribution >= 4 is 55.2 Å². The van der Waals surface area contributed by atoms with Crippen LogP contribution in [0.1, 0.15) is 30.0 Å². The Bertz CT molecular complexity index is 2200. The van der Waals surface area contributed by atoms with Crippen LogP contribution in [-0.2, 0) is 16.4 Å². The van der Waals surface area contributed by atoms with E-state index >= 15 is 4.39 Å². The highest BCUT2D eigenvalue weighted by molar-refractivity contribution is 7.91. The van der Waals surface area contributed by atoms with E-state index in [0.717, 1.165) is 5.01 Å². The number of hydrogen-bond donors (Lipinski definition) is 1. The molecule has 1 N–H and O–H groups in total. The molecule has 4 aromatic carbocycles. The first-order chi connectivity index (χ1) is 23.6. The molecule has 0 spiro atoms. The van der Waals surface area contributed by atoms with Gasteiger partial charge in [-0.05, 0) is 67.6 Å². The first-order valence-electron chi connectivity index (χ1n) is 15.4.